The zero-order valence-corrected chi connectivity index (χ0v) is 16.2. The van der Waals surface area contributed by atoms with Gasteiger partial charge in [-0.2, -0.15) is 0 Å². The van der Waals surface area contributed by atoms with Crippen LogP contribution in [0, 0.1) is 0 Å². The number of rotatable bonds is 6. The minimum atomic E-state index is -0.336. The third kappa shape index (κ3) is 3.68. The summed E-state index contributed by atoms with van der Waals surface area (Å²) in [6.07, 6.45) is 3.44. The number of nitrogens with one attached hydrogen (secondary N) is 1. The molecule has 0 radical (unpaired) electrons. The molecule has 28 heavy (non-hydrogen) atoms. The molecule has 3 heterocycles. The summed E-state index contributed by atoms with van der Waals surface area (Å²) < 4.78 is 12.2. The highest BCUT2D eigenvalue weighted by Gasteiger charge is 2.23. The Bertz CT molecular complexity index is 1060. The number of carbonyl (C=O) groups is 1. The number of ether oxygens (including phenoxy) is 2. The van der Waals surface area contributed by atoms with Crippen LogP contribution in [0.2, 0.25) is 0 Å². The third-order valence-corrected chi connectivity index (χ3v) is 5.57. The molecule has 8 nitrogen and oxygen atoms in total. The quantitative estimate of drug-likeness (QED) is 0.683. The highest BCUT2D eigenvalue weighted by Crippen LogP contribution is 2.32. The van der Waals surface area contributed by atoms with Gasteiger partial charge in [0.05, 0.1) is 12.2 Å². The van der Waals surface area contributed by atoms with Gasteiger partial charge in [-0.1, -0.05) is 29.5 Å². The maximum atomic E-state index is 12.9. The minimum absolute atomic E-state index is 0.0417. The number of aromatic nitrogens is 3. The molecule has 1 atom stereocenters. The van der Waals surface area contributed by atoms with Crippen molar-refractivity contribution in [1.29, 1.82) is 0 Å². The summed E-state index contributed by atoms with van der Waals surface area (Å²) >= 11 is 1.31. The number of amides is 1. The van der Waals surface area contributed by atoms with Crippen molar-refractivity contribution in [2.24, 2.45) is 0 Å². The first-order valence-corrected chi connectivity index (χ1v) is 9.86. The molecule has 1 fully saturated rings. The van der Waals surface area contributed by atoms with Crippen molar-refractivity contribution in [1.82, 2.24) is 14.8 Å². The molecular formula is C19H20N4O4S. The first-order valence-electron chi connectivity index (χ1n) is 9.05. The smallest absolute Gasteiger partial charge is 0.259 e. The minimum Gasteiger partial charge on any atom is -0.383 e. The van der Waals surface area contributed by atoms with Crippen molar-refractivity contribution in [3.05, 3.63) is 51.4 Å². The largest absolute Gasteiger partial charge is 0.383 e. The van der Waals surface area contributed by atoms with E-state index in [0.29, 0.717) is 34.6 Å². The van der Waals surface area contributed by atoms with Crippen LogP contribution in [0.15, 0.2) is 35.3 Å². The molecule has 1 aliphatic heterocycles. The van der Waals surface area contributed by atoms with Crippen molar-refractivity contribution in [3.63, 3.8) is 0 Å². The summed E-state index contributed by atoms with van der Waals surface area (Å²) in [6.45, 7) is 1.46. The molecule has 0 aliphatic carbocycles. The highest BCUT2D eigenvalue weighted by molar-refractivity contribution is 7.15. The van der Waals surface area contributed by atoms with E-state index in [1.807, 2.05) is 0 Å². The van der Waals surface area contributed by atoms with Crippen LogP contribution in [0.1, 0.15) is 34.3 Å². The normalized spacial score (nSPS) is 16.5. The lowest BCUT2D eigenvalue weighted by molar-refractivity contribution is 0.102. The van der Waals surface area contributed by atoms with Gasteiger partial charge in [-0.25, -0.2) is 0 Å². The van der Waals surface area contributed by atoms with Gasteiger partial charge in [-0.15, -0.1) is 10.2 Å². The molecule has 0 unspecified atom stereocenters. The van der Waals surface area contributed by atoms with Gasteiger partial charge in [0, 0.05) is 37.2 Å². The van der Waals surface area contributed by atoms with Crippen molar-refractivity contribution < 1.29 is 14.3 Å². The maximum Gasteiger partial charge on any atom is 0.259 e. The predicted octanol–water partition coefficient (Wildman–Crippen LogP) is 2.60. The molecule has 1 aliphatic rings. The lowest BCUT2D eigenvalue weighted by Gasteiger charge is -2.11. The molecule has 4 rings (SSSR count). The van der Waals surface area contributed by atoms with E-state index in [-0.39, 0.29) is 17.6 Å². The summed E-state index contributed by atoms with van der Waals surface area (Å²) in [5.41, 5.74) is 0.251. The van der Waals surface area contributed by atoms with Gasteiger partial charge < -0.3 is 14.0 Å². The molecule has 3 aromatic rings. The second-order valence-corrected chi connectivity index (χ2v) is 7.49. The lowest BCUT2D eigenvalue weighted by Crippen LogP contribution is -2.25. The van der Waals surface area contributed by atoms with E-state index in [4.69, 9.17) is 9.47 Å². The molecule has 0 saturated carbocycles. The Hall–Kier alpha value is -2.62. The summed E-state index contributed by atoms with van der Waals surface area (Å²) in [7, 11) is 1.57. The van der Waals surface area contributed by atoms with E-state index < -0.39 is 0 Å². The number of carbonyl (C=O) groups excluding carboxylic acids is 1. The molecule has 2 aromatic heterocycles. The Morgan fingerprint density at radius 3 is 2.93 bits per heavy atom. The molecule has 1 N–H and O–H groups in total. The van der Waals surface area contributed by atoms with Gasteiger partial charge >= 0.3 is 0 Å². The average Bonchev–Trinajstić information content (AvgIpc) is 3.39. The Balaban J connectivity index is 1.64. The topological polar surface area (TPSA) is 95.3 Å². The Morgan fingerprint density at radius 2 is 2.18 bits per heavy atom. The molecule has 1 amide bonds. The summed E-state index contributed by atoms with van der Waals surface area (Å²) in [4.78, 5) is 25.6. The highest BCUT2D eigenvalue weighted by atomic mass is 32.1. The fourth-order valence-corrected chi connectivity index (χ4v) is 4.05. The Morgan fingerprint density at radius 1 is 1.36 bits per heavy atom. The standard InChI is InChI=1S/C19H20N4O4S/c1-26-10-8-23-11-14(12-5-2-3-6-13(12)18(23)25)16(24)20-19-22-21-17(28-19)15-7-4-9-27-15/h2-3,5-6,11,15H,4,7-10H2,1H3,(H,20,22,24)/t15-/m1/s1. The molecule has 1 aromatic carbocycles. The van der Waals surface area contributed by atoms with E-state index in [9.17, 15) is 9.59 Å². The second-order valence-electron chi connectivity index (χ2n) is 6.48. The van der Waals surface area contributed by atoms with E-state index in [1.165, 1.54) is 15.9 Å². The Labute approximate surface area is 165 Å². The molecule has 146 valence electrons. The van der Waals surface area contributed by atoms with Gasteiger partial charge in [-0.05, 0) is 18.9 Å². The van der Waals surface area contributed by atoms with Crippen LogP contribution in [-0.4, -0.2) is 41.0 Å². The van der Waals surface area contributed by atoms with Gasteiger partial charge in [0.2, 0.25) is 5.13 Å². The zero-order valence-electron chi connectivity index (χ0n) is 15.4. The second kappa shape index (κ2) is 8.17. The van der Waals surface area contributed by atoms with E-state index >= 15 is 0 Å². The molecule has 0 spiro atoms. The molecule has 9 heteroatoms. The number of methoxy groups -OCH3 is 1. The number of fused-ring (bicyclic) bond motifs is 1. The van der Waals surface area contributed by atoms with Crippen molar-refractivity contribution >= 4 is 33.1 Å². The van der Waals surface area contributed by atoms with Gasteiger partial charge in [0.1, 0.15) is 11.1 Å². The monoisotopic (exact) mass is 400 g/mol. The van der Waals surface area contributed by atoms with Crippen molar-refractivity contribution in [2.45, 2.75) is 25.5 Å². The van der Waals surface area contributed by atoms with Gasteiger partial charge in [0.15, 0.2) is 0 Å². The van der Waals surface area contributed by atoms with Crippen LogP contribution in [0.3, 0.4) is 0 Å². The van der Waals surface area contributed by atoms with Crippen LogP contribution in [-0.2, 0) is 16.0 Å². The lowest BCUT2D eigenvalue weighted by atomic mass is 10.1. The summed E-state index contributed by atoms with van der Waals surface area (Å²) in [6, 6.07) is 7.08. The maximum absolute atomic E-state index is 12.9. The van der Waals surface area contributed by atoms with E-state index in [0.717, 1.165) is 24.5 Å². The zero-order chi connectivity index (χ0) is 19.5. The van der Waals surface area contributed by atoms with E-state index in [2.05, 4.69) is 15.5 Å². The fourth-order valence-electron chi connectivity index (χ4n) is 3.23. The SMILES string of the molecule is COCCn1cc(C(=O)Nc2nnc([C@H]3CCCO3)s2)c2ccccc2c1=O. The van der Waals surface area contributed by atoms with Crippen LogP contribution in [0.5, 0.6) is 0 Å². The summed E-state index contributed by atoms with van der Waals surface area (Å²) in [5, 5.41) is 13.3. The predicted molar refractivity (Wildman–Crippen MR) is 106 cm³/mol. The number of hydrogen-bond donors (Lipinski definition) is 1. The van der Waals surface area contributed by atoms with E-state index in [1.54, 1.807) is 37.6 Å². The average molecular weight is 400 g/mol. The number of nitrogens with zero attached hydrogens (tertiary/aromatic N) is 3. The van der Waals surface area contributed by atoms with Crippen LogP contribution < -0.4 is 10.9 Å². The summed E-state index contributed by atoms with van der Waals surface area (Å²) in [5.74, 6) is -0.336. The van der Waals surface area contributed by atoms with Gasteiger partial charge in [0.25, 0.3) is 11.5 Å². The molecule has 0 bridgehead atoms. The first-order chi connectivity index (χ1) is 13.7. The Kier molecular flexibility index (Phi) is 5.47. The van der Waals surface area contributed by atoms with Crippen molar-refractivity contribution in [2.75, 3.05) is 25.6 Å². The van der Waals surface area contributed by atoms with Crippen LogP contribution in [0.25, 0.3) is 10.8 Å². The molecule has 1 saturated heterocycles. The number of anilines is 1. The van der Waals surface area contributed by atoms with Crippen LogP contribution in [0.4, 0.5) is 5.13 Å². The van der Waals surface area contributed by atoms with Gasteiger partial charge in [-0.3, -0.25) is 14.9 Å². The first kappa shape index (κ1) is 18.7. The fraction of sp³-hybridized carbons (Fsp3) is 0.368. The van der Waals surface area contributed by atoms with Crippen molar-refractivity contribution in [3.8, 4) is 0 Å². The number of hydrogen-bond acceptors (Lipinski definition) is 7. The van der Waals surface area contributed by atoms with Crippen LogP contribution >= 0.6 is 11.3 Å². The molecular weight excluding hydrogens is 380 g/mol. The number of benzene rings is 1. The number of pyridine rings is 1. The third-order valence-electron chi connectivity index (χ3n) is 4.64.